The fraction of sp³-hybridized carbons (Fsp3) is 0.889. The van der Waals surface area contributed by atoms with Crippen molar-refractivity contribution in [2.24, 2.45) is 5.92 Å². The Labute approximate surface area is 73.5 Å². The molecule has 1 saturated heterocycles. The Morgan fingerprint density at radius 2 is 2.42 bits per heavy atom. The summed E-state index contributed by atoms with van der Waals surface area (Å²) in [6.07, 6.45) is 0.899. The van der Waals surface area contributed by atoms with Gasteiger partial charge in [0, 0.05) is 25.1 Å². The Hall–Kier alpha value is -0.410. The van der Waals surface area contributed by atoms with Gasteiger partial charge in [-0.05, 0) is 20.3 Å². The molecule has 12 heavy (non-hydrogen) atoms. The molecule has 1 aliphatic rings. The van der Waals surface area contributed by atoms with Crippen LogP contribution in [0, 0.1) is 5.92 Å². The first-order chi connectivity index (χ1) is 5.57. The fourth-order valence-electron chi connectivity index (χ4n) is 1.77. The van der Waals surface area contributed by atoms with Crippen molar-refractivity contribution in [3.8, 4) is 0 Å². The Bertz CT molecular complexity index is 181. The maximum atomic E-state index is 11.1. The lowest BCUT2D eigenvalue weighted by molar-refractivity contribution is -0.120. The summed E-state index contributed by atoms with van der Waals surface area (Å²) in [6.45, 7) is 5.23. The zero-order valence-electron chi connectivity index (χ0n) is 8.02. The van der Waals surface area contributed by atoms with Crippen LogP contribution >= 0.6 is 0 Å². The molecule has 0 aliphatic carbocycles. The SMILES string of the molecule is COC[C@]1(C)C[C@H](C(C)=O)CN1. The largest absolute Gasteiger partial charge is 0.383 e. The topological polar surface area (TPSA) is 38.3 Å². The number of Topliss-reactive ketones (excluding diaryl/α,β-unsaturated/α-hetero) is 1. The Morgan fingerprint density at radius 3 is 2.83 bits per heavy atom. The highest BCUT2D eigenvalue weighted by molar-refractivity contribution is 5.79. The number of nitrogens with one attached hydrogen (secondary N) is 1. The molecule has 0 radical (unpaired) electrons. The van der Waals surface area contributed by atoms with Gasteiger partial charge in [0.05, 0.1) is 6.61 Å². The first-order valence-corrected chi connectivity index (χ1v) is 4.32. The second-order valence-electron chi connectivity index (χ2n) is 3.89. The van der Waals surface area contributed by atoms with Crippen LogP contribution in [0.4, 0.5) is 0 Å². The molecule has 70 valence electrons. The Balaban J connectivity index is 2.48. The van der Waals surface area contributed by atoms with E-state index in [4.69, 9.17) is 4.74 Å². The molecule has 0 aromatic heterocycles. The molecule has 3 nitrogen and oxygen atoms in total. The third kappa shape index (κ3) is 2.05. The van der Waals surface area contributed by atoms with E-state index in [1.54, 1.807) is 14.0 Å². The lowest BCUT2D eigenvalue weighted by Crippen LogP contribution is -2.40. The summed E-state index contributed by atoms with van der Waals surface area (Å²) >= 11 is 0. The normalized spacial score (nSPS) is 35.4. The van der Waals surface area contributed by atoms with E-state index >= 15 is 0 Å². The third-order valence-electron chi connectivity index (χ3n) is 2.51. The van der Waals surface area contributed by atoms with Gasteiger partial charge in [0.15, 0.2) is 0 Å². The minimum absolute atomic E-state index is 0.00505. The van der Waals surface area contributed by atoms with Crippen LogP contribution in [0.2, 0.25) is 0 Å². The molecule has 1 fully saturated rings. The number of hydrogen-bond donors (Lipinski definition) is 1. The van der Waals surface area contributed by atoms with E-state index in [1.165, 1.54) is 0 Å². The summed E-state index contributed by atoms with van der Waals surface area (Å²) in [5.41, 5.74) is 0.00505. The van der Waals surface area contributed by atoms with E-state index in [-0.39, 0.29) is 17.2 Å². The van der Waals surface area contributed by atoms with Crippen molar-refractivity contribution in [1.29, 1.82) is 0 Å². The lowest BCUT2D eigenvalue weighted by Gasteiger charge is -2.22. The summed E-state index contributed by atoms with van der Waals surface area (Å²) < 4.78 is 5.08. The number of carbonyl (C=O) groups is 1. The van der Waals surface area contributed by atoms with Gasteiger partial charge < -0.3 is 10.1 Å². The van der Waals surface area contributed by atoms with Crippen molar-refractivity contribution in [3.63, 3.8) is 0 Å². The van der Waals surface area contributed by atoms with Crippen molar-refractivity contribution in [3.05, 3.63) is 0 Å². The van der Waals surface area contributed by atoms with Gasteiger partial charge in [0.1, 0.15) is 5.78 Å². The lowest BCUT2D eigenvalue weighted by atomic mass is 9.93. The van der Waals surface area contributed by atoms with Crippen molar-refractivity contribution in [2.75, 3.05) is 20.3 Å². The summed E-state index contributed by atoms with van der Waals surface area (Å²) in [5, 5.41) is 3.32. The molecule has 3 heteroatoms. The standard InChI is InChI=1S/C9H17NO2/c1-7(11)8-4-9(2,6-12-3)10-5-8/h8,10H,4-6H2,1-3H3/t8-,9-/m0/s1. The molecule has 0 aromatic rings. The molecule has 0 spiro atoms. The van der Waals surface area contributed by atoms with E-state index in [0.29, 0.717) is 6.61 Å². The van der Waals surface area contributed by atoms with Crippen LogP contribution in [0.1, 0.15) is 20.3 Å². The summed E-state index contributed by atoms with van der Waals surface area (Å²) in [5.74, 6) is 0.465. The van der Waals surface area contributed by atoms with Crippen LogP contribution in [0.15, 0.2) is 0 Å². The summed E-state index contributed by atoms with van der Waals surface area (Å²) in [7, 11) is 1.69. The predicted octanol–water partition coefficient (Wildman–Crippen LogP) is 0.590. The molecule has 0 unspecified atom stereocenters. The van der Waals surface area contributed by atoms with Crippen molar-refractivity contribution < 1.29 is 9.53 Å². The van der Waals surface area contributed by atoms with Gasteiger partial charge in [0.2, 0.25) is 0 Å². The second-order valence-corrected chi connectivity index (χ2v) is 3.89. The molecule has 1 N–H and O–H groups in total. The van der Waals surface area contributed by atoms with E-state index < -0.39 is 0 Å². The van der Waals surface area contributed by atoms with Gasteiger partial charge in [-0.1, -0.05) is 0 Å². The molecular formula is C9H17NO2. The number of ketones is 1. The molecule has 0 bridgehead atoms. The minimum atomic E-state index is 0.00505. The van der Waals surface area contributed by atoms with E-state index in [9.17, 15) is 4.79 Å². The van der Waals surface area contributed by atoms with Crippen LogP contribution in [0.5, 0.6) is 0 Å². The van der Waals surface area contributed by atoms with Crippen molar-refractivity contribution in [2.45, 2.75) is 25.8 Å². The van der Waals surface area contributed by atoms with Gasteiger partial charge >= 0.3 is 0 Å². The molecular weight excluding hydrogens is 154 g/mol. The average molecular weight is 171 g/mol. The number of carbonyl (C=O) groups excluding carboxylic acids is 1. The van der Waals surface area contributed by atoms with Gasteiger partial charge in [0.25, 0.3) is 0 Å². The molecule has 2 atom stereocenters. The monoisotopic (exact) mass is 171 g/mol. The molecule has 1 heterocycles. The Morgan fingerprint density at radius 1 is 1.75 bits per heavy atom. The van der Waals surface area contributed by atoms with E-state index in [1.807, 2.05) is 0 Å². The Kier molecular flexibility index (Phi) is 2.85. The number of hydrogen-bond acceptors (Lipinski definition) is 3. The fourth-order valence-corrected chi connectivity index (χ4v) is 1.77. The van der Waals surface area contributed by atoms with Crippen LogP contribution in [-0.2, 0) is 9.53 Å². The zero-order valence-corrected chi connectivity index (χ0v) is 8.02. The van der Waals surface area contributed by atoms with Crippen molar-refractivity contribution >= 4 is 5.78 Å². The third-order valence-corrected chi connectivity index (χ3v) is 2.51. The van der Waals surface area contributed by atoms with Gasteiger partial charge in [-0.2, -0.15) is 0 Å². The molecule has 1 aliphatic heterocycles. The second kappa shape index (κ2) is 3.54. The van der Waals surface area contributed by atoms with Crippen LogP contribution in [0.25, 0.3) is 0 Å². The summed E-state index contributed by atoms with van der Waals surface area (Å²) in [4.78, 5) is 11.1. The van der Waals surface area contributed by atoms with Gasteiger partial charge in [-0.3, -0.25) is 4.79 Å². The van der Waals surface area contributed by atoms with Gasteiger partial charge in [-0.15, -0.1) is 0 Å². The number of rotatable bonds is 3. The maximum absolute atomic E-state index is 11.1. The molecule has 0 amide bonds. The zero-order chi connectivity index (χ0) is 9.19. The number of methoxy groups -OCH3 is 1. The quantitative estimate of drug-likeness (QED) is 0.675. The maximum Gasteiger partial charge on any atom is 0.134 e. The first-order valence-electron chi connectivity index (χ1n) is 4.32. The summed E-state index contributed by atoms with van der Waals surface area (Å²) in [6, 6.07) is 0. The van der Waals surface area contributed by atoms with E-state index in [0.717, 1.165) is 13.0 Å². The highest BCUT2D eigenvalue weighted by atomic mass is 16.5. The minimum Gasteiger partial charge on any atom is -0.383 e. The van der Waals surface area contributed by atoms with Crippen LogP contribution < -0.4 is 5.32 Å². The van der Waals surface area contributed by atoms with Gasteiger partial charge in [-0.25, -0.2) is 0 Å². The number of ether oxygens (including phenoxy) is 1. The average Bonchev–Trinajstić information content (AvgIpc) is 2.33. The molecule has 1 rings (SSSR count). The smallest absolute Gasteiger partial charge is 0.134 e. The molecule has 0 saturated carbocycles. The molecule has 0 aromatic carbocycles. The first kappa shape index (κ1) is 9.68. The highest BCUT2D eigenvalue weighted by Gasteiger charge is 2.36. The van der Waals surface area contributed by atoms with Crippen LogP contribution in [0.3, 0.4) is 0 Å². The highest BCUT2D eigenvalue weighted by Crippen LogP contribution is 2.24. The van der Waals surface area contributed by atoms with Crippen LogP contribution in [-0.4, -0.2) is 31.6 Å². The van der Waals surface area contributed by atoms with E-state index in [2.05, 4.69) is 12.2 Å². The van der Waals surface area contributed by atoms with Crippen molar-refractivity contribution in [1.82, 2.24) is 5.32 Å². The predicted molar refractivity (Wildman–Crippen MR) is 47.1 cm³/mol.